The monoisotopic (exact) mass is 410 g/mol. The van der Waals surface area contributed by atoms with Crippen LogP contribution in [0.25, 0.3) is 0 Å². The van der Waals surface area contributed by atoms with Crippen molar-refractivity contribution in [1.29, 1.82) is 0 Å². The maximum absolute atomic E-state index is 12.1. The Morgan fingerprint density at radius 2 is 2.07 bits per heavy atom. The Kier molecular flexibility index (Phi) is 5.98. The lowest BCUT2D eigenvalue weighted by atomic mass is 10.1. The average molecular weight is 411 g/mol. The van der Waals surface area contributed by atoms with E-state index in [1.165, 1.54) is 21.9 Å². The van der Waals surface area contributed by atoms with Gasteiger partial charge in [0, 0.05) is 30.9 Å². The van der Waals surface area contributed by atoms with Gasteiger partial charge in [0.1, 0.15) is 5.75 Å². The number of anilines is 1. The van der Waals surface area contributed by atoms with E-state index in [2.05, 4.69) is 15.6 Å². The van der Waals surface area contributed by atoms with Crippen molar-refractivity contribution in [3.05, 3.63) is 40.4 Å². The van der Waals surface area contributed by atoms with Crippen LogP contribution in [0, 0.1) is 0 Å². The summed E-state index contributed by atoms with van der Waals surface area (Å²) in [6, 6.07) is 7.36. The van der Waals surface area contributed by atoms with Crippen molar-refractivity contribution < 1.29 is 17.9 Å². The van der Waals surface area contributed by atoms with Crippen LogP contribution in [-0.4, -0.2) is 50.2 Å². The maximum Gasteiger partial charge on any atom is 0.321 e. The summed E-state index contributed by atoms with van der Waals surface area (Å²) in [5, 5.41) is 6.01. The van der Waals surface area contributed by atoms with Gasteiger partial charge >= 0.3 is 6.03 Å². The molecule has 8 nitrogen and oxygen atoms in total. The van der Waals surface area contributed by atoms with Crippen molar-refractivity contribution >= 4 is 32.5 Å². The number of methoxy groups -OCH3 is 1. The molecule has 0 saturated carbocycles. The first-order valence-corrected chi connectivity index (χ1v) is 11.1. The highest BCUT2D eigenvalue weighted by atomic mass is 32.2. The zero-order chi connectivity index (χ0) is 19.4. The minimum atomic E-state index is -3.22. The lowest BCUT2D eigenvalue weighted by Gasteiger charge is -2.23. The van der Waals surface area contributed by atoms with E-state index in [0.29, 0.717) is 37.6 Å². The minimum Gasteiger partial charge on any atom is -0.497 e. The molecule has 0 atom stereocenters. The van der Waals surface area contributed by atoms with Crippen molar-refractivity contribution in [2.45, 2.75) is 19.4 Å². The van der Waals surface area contributed by atoms with Crippen LogP contribution in [0.1, 0.15) is 16.1 Å². The van der Waals surface area contributed by atoms with Gasteiger partial charge in [0.05, 0.1) is 19.1 Å². The number of nitrogens with one attached hydrogen (secondary N) is 2. The largest absolute Gasteiger partial charge is 0.497 e. The van der Waals surface area contributed by atoms with Crippen molar-refractivity contribution in [3.63, 3.8) is 0 Å². The van der Waals surface area contributed by atoms with E-state index in [0.717, 1.165) is 21.9 Å². The van der Waals surface area contributed by atoms with Gasteiger partial charge in [-0.05, 0) is 24.1 Å². The summed E-state index contributed by atoms with van der Waals surface area (Å²) in [5.41, 5.74) is 1.95. The van der Waals surface area contributed by atoms with Crippen LogP contribution in [0.2, 0.25) is 0 Å². The highest BCUT2D eigenvalue weighted by Crippen LogP contribution is 2.29. The molecule has 146 valence electrons. The quantitative estimate of drug-likeness (QED) is 0.757. The van der Waals surface area contributed by atoms with E-state index < -0.39 is 10.0 Å². The number of hydrogen-bond acceptors (Lipinski definition) is 6. The fraction of sp³-hybridized carbons (Fsp3) is 0.412. The zero-order valence-corrected chi connectivity index (χ0v) is 16.8. The van der Waals surface area contributed by atoms with Gasteiger partial charge in [-0.3, -0.25) is 5.32 Å². The molecule has 1 aromatic heterocycles. The van der Waals surface area contributed by atoms with E-state index in [4.69, 9.17) is 4.74 Å². The standard InChI is InChI=1S/C17H22N4O4S2/c1-25-13-5-3-12(4-6-13)7-9-18-16(22)20-17-19-14-8-10-21(27(2,23)24)11-15(14)26-17/h3-6H,7-11H2,1-2H3,(H2,18,19,20,22). The van der Waals surface area contributed by atoms with Gasteiger partial charge in [-0.1, -0.05) is 23.5 Å². The third-order valence-electron chi connectivity index (χ3n) is 4.24. The number of hydrogen-bond donors (Lipinski definition) is 2. The first-order chi connectivity index (χ1) is 12.8. The molecule has 2 amide bonds. The summed E-state index contributed by atoms with van der Waals surface area (Å²) in [6.07, 6.45) is 2.46. The third kappa shape index (κ3) is 5.18. The molecule has 3 rings (SSSR count). The maximum atomic E-state index is 12.1. The highest BCUT2D eigenvalue weighted by Gasteiger charge is 2.26. The molecule has 10 heteroatoms. The number of nitrogens with zero attached hydrogens (tertiary/aromatic N) is 2. The molecule has 0 aliphatic carbocycles. The Morgan fingerprint density at radius 3 is 2.74 bits per heavy atom. The normalized spacial score (nSPS) is 14.4. The molecule has 0 spiro atoms. The van der Waals surface area contributed by atoms with E-state index in [1.54, 1.807) is 7.11 Å². The second kappa shape index (κ2) is 8.24. The van der Waals surface area contributed by atoms with Gasteiger partial charge in [0.2, 0.25) is 10.0 Å². The number of thiazole rings is 1. The first-order valence-electron chi connectivity index (χ1n) is 8.46. The summed E-state index contributed by atoms with van der Waals surface area (Å²) in [7, 11) is -1.60. The summed E-state index contributed by atoms with van der Waals surface area (Å²) < 4.78 is 29.9. The SMILES string of the molecule is COc1ccc(CCNC(=O)Nc2nc3c(s2)CN(S(C)(=O)=O)CC3)cc1. The number of benzene rings is 1. The van der Waals surface area contributed by atoms with Gasteiger partial charge in [0.15, 0.2) is 5.13 Å². The molecule has 0 saturated heterocycles. The predicted molar refractivity (Wildman–Crippen MR) is 105 cm³/mol. The Labute approximate surface area is 162 Å². The van der Waals surface area contributed by atoms with Crippen LogP contribution in [-0.2, 0) is 29.4 Å². The van der Waals surface area contributed by atoms with E-state index in [-0.39, 0.29) is 6.03 Å². The lowest BCUT2D eigenvalue weighted by molar-refractivity contribution is 0.252. The van der Waals surface area contributed by atoms with E-state index >= 15 is 0 Å². The number of carbonyl (C=O) groups is 1. The zero-order valence-electron chi connectivity index (χ0n) is 15.2. The molecule has 1 aromatic carbocycles. The Hall–Kier alpha value is -2.17. The van der Waals surface area contributed by atoms with E-state index in [1.807, 2.05) is 24.3 Å². The molecule has 0 fully saturated rings. The topological polar surface area (TPSA) is 101 Å². The molecule has 27 heavy (non-hydrogen) atoms. The number of carbonyl (C=O) groups excluding carboxylic acids is 1. The molecular weight excluding hydrogens is 388 g/mol. The molecule has 2 heterocycles. The number of urea groups is 1. The van der Waals surface area contributed by atoms with Gasteiger partial charge in [-0.25, -0.2) is 18.2 Å². The highest BCUT2D eigenvalue weighted by molar-refractivity contribution is 7.88. The van der Waals surface area contributed by atoms with Gasteiger partial charge in [-0.2, -0.15) is 4.31 Å². The molecule has 2 aromatic rings. The van der Waals surface area contributed by atoms with Crippen molar-refractivity contribution in [2.24, 2.45) is 0 Å². The summed E-state index contributed by atoms with van der Waals surface area (Å²) in [5.74, 6) is 0.798. The number of rotatable bonds is 6. The van der Waals surface area contributed by atoms with Crippen LogP contribution in [0.3, 0.4) is 0 Å². The number of aromatic nitrogens is 1. The van der Waals surface area contributed by atoms with Crippen molar-refractivity contribution in [1.82, 2.24) is 14.6 Å². The van der Waals surface area contributed by atoms with Crippen LogP contribution < -0.4 is 15.4 Å². The molecule has 1 aliphatic heterocycles. The number of amides is 2. The molecule has 2 N–H and O–H groups in total. The predicted octanol–water partition coefficient (Wildman–Crippen LogP) is 1.83. The van der Waals surface area contributed by atoms with Crippen molar-refractivity contribution in [3.8, 4) is 5.75 Å². The Bertz CT molecular complexity index is 910. The fourth-order valence-electron chi connectivity index (χ4n) is 2.76. The van der Waals surface area contributed by atoms with Crippen LogP contribution in [0.15, 0.2) is 24.3 Å². The second-order valence-corrected chi connectivity index (χ2v) is 9.28. The molecular formula is C17H22N4O4S2. The molecule has 0 unspecified atom stereocenters. The average Bonchev–Trinajstić information content (AvgIpc) is 3.02. The number of ether oxygens (including phenoxy) is 1. The second-order valence-electron chi connectivity index (χ2n) is 6.21. The molecule has 0 bridgehead atoms. The van der Waals surface area contributed by atoms with E-state index in [9.17, 15) is 13.2 Å². The number of sulfonamides is 1. The third-order valence-corrected chi connectivity index (χ3v) is 6.49. The summed E-state index contributed by atoms with van der Waals surface area (Å²) >= 11 is 1.31. The summed E-state index contributed by atoms with van der Waals surface area (Å²) in [6.45, 7) is 1.22. The van der Waals surface area contributed by atoms with Gasteiger partial charge < -0.3 is 10.1 Å². The first kappa shape index (κ1) is 19.6. The smallest absolute Gasteiger partial charge is 0.321 e. The Morgan fingerprint density at radius 1 is 1.33 bits per heavy atom. The van der Waals surface area contributed by atoms with Crippen molar-refractivity contribution in [2.75, 3.05) is 31.8 Å². The van der Waals surface area contributed by atoms with Crippen LogP contribution in [0.5, 0.6) is 5.75 Å². The van der Waals surface area contributed by atoms with Gasteiger partial charge in [-0.15, -0.1) is 0 Å². The molecule has 0 radical (unpaired) electrons. The Balaban J connectivity index is 1.49. The summed E-state index contributed by atoms with van der Waals surface area (Å²) in [4.78, 5) is 17.3. The fourth-order valence-corrected chi connectivity index (χ4v) is 4.65. The van der Waals surface area contributed by atoms with Crippen LogP contribution in [0.4, 0.5) is 9.93 Å². The molecule has 1 aliphatic rings. The van der Waals surface area contributed by atoms with Gasteiger partial charge in [0.25, 0.3) is 0 Å². The minimum absolute atomic E-state index is 0.312. The lowest BCUT2D eigenvalue weighted by Crippen LogP contribution is -2.34. The number of fused-ring (bicyclic) bond motifs is 1. The van der Waals surface area contributed by atoms with Crippen LogP contribution >= 0.6 is 11.3 Å².